The molecule has 2 aliphatic heterocycles. The summed E-state index contributed by atoms with van der Waals surface area (Å²) in [5, 5.41) is 10.0. The van der Waals surface area contributed by atoms with E-state index in [9.17, 15) is 13.9 Å². The SMILES string of the molecule is O[C@@H]1C[C@H]2CN(Cc3cc(F)cc(F)c3)[C@@H](Cc3ccccc3)CN2C1. The normalized spacial score (nSPS) is 26.8. The molecule has 0 bridgehead atoms. The first kappa shape index (κ1) is 17.6. The van der Waals surface area contributed by atoms with Gasteiger partial charge in [0.2, 0.25) is 0 Å². The molecule has 2 fully saturated rings. The molecule has 2 heterocycles. The predicted octanol–water partition coefficient (Wildman–Crippen LogP) is 2.83. The Balaban J connectivity index is 1.55. The molecule has 0 unspecified atom stereocenters. The Bertz CT molecular complexity index is 735. The molecule has 0 aliphatic carbocycles. The van der Waals surface area contributed by atoms with Crippen molar-refractivity contribution in [1.29, 1.82) is 0 Å². The number of nitrogens with zero attached hydrogens (tertiary/aromatic N) is 2. The van der Waals surface area contributed by atoms with E-state index >= 15 is 0 Å². The zero-order chi connectivity index (χ0) is 18.1. The van der Waals surface area contributed by atoms with Gasteiger partial charge in [0.25, 0.3) is 0 Å². The first-order chi connectivity index (χ1) is 12.6. The number of benzene rings is 2. The van der Waals surface area contributed by atoms with Crippen LogP contribution in [0.15, 0.2) is 48.5 Å². The largest absolute Gasteiger partial charge is 0.392 e. The molecule has 0 aromatic heterocycles. The minimum absolute atomic E-state index is 0.255. The average Bonchev–Trinajstić information content (AvgIpc) is 2.94. The van der Waals surface area contributed by atoms with Crippen molar-refractivity contribution in [3.05, 3.63) is 71.3 Å². The van der Waals surface area contributed by atoms with Crippen LogP contribution in [-0.2, 0) is 13.0 Å². The van der Waals surface area contributed by atoms with Crippen molar-refractivity contribution >= 4 is 0 Å². The van der Waals surface area contributed by atoms with Crippen molar-refractivity contribution in [3.8, 4) is 0 Å². The highest BCUT2D eigenvalue weighted by molar-refractivity contribution is 5.20. The van der Waals surface area contributed by atoms with Gasteiger partial charge in [-0.05, 0) is 36.1 Å². The molecule has 1 N–H and O–H groups in total. The summed E-state index contributed by atoms with van der Waals surface area (Å²) in [6.07, 6.45) is 1.38. The molecule has 0 amide bonds. The van der Waals surface area contributed by atoms with Gasteiger partial charge < -0.3 is 5.11 Å². The van der Waals surface area contributed by atoms with Crippen molar-refractivity contribution in [2.75, 3.05) is 19.6 Å². The highest BCUT2D eigenvalue weighted by Crippen LogP contribution is 2.28. The zero-order valence-corrected chi connectivity index (χ0v) is 14.7. The lowest BCUT2D eigenvalue weighted by Gasteiger charge is -2.43. The van der Waals surface area contributed by atoms with Gasteiger partial charge in [0.1, 0.15) is 11.6 Å². The van der Waals surface area contributed by atoms with E-state index in [-0.39, 0.29) is 12.1 Å². The zero-order valence-electron chi connectivity index (χ0n) is 14.7. The van der Waals surface area contributed by atoms with Crippen LogP contribution in [0.5, 0.6) is 0 Å². The van der Waals surface area contributed by atoms with E-state index in [0.29, 0.717) is 18.2 Å². The molecule has 3 nitrogen and oxygen atoms in total. The third kappa shape index (κ3) is 3.95. The van der Waals surface area contributed by atoms with Gasteiger partial charge >= 0.3 is 0 Å². The van der Waals surface area contributed by atoms with Crippen LogP contribution in [0, 0.1) is 11.6 Å². The Hall–Kier alpha value is -1.82. The van der Waals surface area contributed by atoms with Crippen LogP contribution in [0.25, 0.3) is 0 Å². The summed E-state index contributed by atoms with van der Waals surface area (Å²) < 4.78 is 27.2. The highest BCUT2D eigenvalue weighted by atomic mass is 19.1. The average molecular weight is 358 g/mol. The lowest BCUT2D eigenvalue weighted by molar-refractivity contribution is 0.0444. The summed E-state index contributed by atoms with van der Waals surface area (Å²) in [5.74, 6) is -1.07. The Kier molecular flexibility index (Phi) is 5.02. The molecule has 3 atom stereocenters. The maximum atomic E-state index is 13.6. The molecule has 138 valence electrons. The lowest BCUT2D eigenvalue weighted by Crippen LogP contribution is -2.56. The Morgan fingerprint density at radius 1 is 0.923 bits per heavy atom. The number of halogens is 2. The van der Waals surface area contributed by atoms with Crippen molar-refractivity contribution in [1.82, 2.24) is 9.80 Å². The number of hydrogen-bond acceptors (Lipinski definition) is 3. The standard InChI is InChI=1S/C21H24F2N2O/c22-17-6-16(7-18(23)9-17)11-24-13-20-10-21(26)14-25(20)12-19(24)8-15-4-2-1-3-5-15/h1-7,9,19-21,26H,8,10-14H2/t19-,20-,21+/m0/s1. The number of aliphatic hydroxyl groups excluding tert-OH is 1. The summed E-state index contributed by atoms with van der Waals surface area (Å²) in [5.41, 5.74) is 1.92. The van der Waals surface area contributed by atoms with Gasteiger partial charge in [-0.25, -0.2) is 8.78 Å². The summed E-state index contributed by atoms with van der Waals surface area (Å²) >= 11 is 0. The Labute approximate surface area is 152 Å². The molecular formula is C21H24F2N2O. The Morgan fingerprint density at radius 3 is 2.38 bits per heavy atom. The van der Waals surface area contributed by atoms with E-state index in [1.54, 1.807) is 0 Å². The molecule has 2 aromatic carbocycles. The molecule has 2 saturated heterocycles. The third-order valence-corrected chi connectivity index (χ3v) is 5.53. The number of rotatable bonds is 4. The maximum Gasteiger partial charge on any atom is 0.126 e. The second-order valence-corrected chi connectivity index (χ2v) is 7.55. The van der Waals surface area contributed by atoms with Crippen molar-refractivity contribution in [2.24, 2.45) is 0 Å². The van der Waals surface area contributed by atoms with Crippen LogP contribution in [0.4, 0.5) is 8.78 Å². The smallest absolute Gasteiger partial charge is 0.126 e. The molecule has 0 saturated carbocycles. The van der Waals surface area contributed by atoms with Crippen LogP contribution in [0.3, 0.4) is 0 Å². The number of piperazine rings is 1. The minimum Gasteiger partial charge on any atom is -0.392 e. The van der Waals surface area contributed by atoms with Gasteiger partial charge in [-0.3, -0.25) is 9.80 Å². The first-order valence-corrected chi connectivity index (χ1v) is 9.22. The Morgan fingerprint density at radius 2 is 1.65 bits per heavy atom. The molecule has 4 rings (SSSR count). The fourth-order valence-electron chi connectivity index (χ4n) is 4.39. The number of fused-ring (bicyclic) bond motifs is 1. The van der Waals surface area contributed by atoms with Crippen molar-refractivity contribution in [3.63, 3.8) is 0 Å². The summed E-state index contributed by atoms with van der Waals surface area (Å²) in [4.78, 5) is 4.68. The second kappa shape index (κ2) is 7.43. The van der Waals surface area contributed by atoms with Crippen molar-refractivity contribution < 1.29 is 13.9 Å². The quantitative estimate of drug-likeness (QED) is 0.911. The summed E-state index contributed by atoms with van der Waals surface area (Å²) in [6.45, 7) is 2.92. The van der Waals surface area contributed by atoms with E-state index in [1.165, 1.54) is 17.7 Å². The van der Waals surface area contributed by atoms with Crippen molar-refractivity contribution in [2.45, 2.75) is 37.6 Å². The molecule has 0 radical (unpaired) electrons. The molecule has 5 heteroatoms. The molecule has 0 spiro atoms. The van der Waals surface area contributed by atoms with Crippen LogP contribution in [0.1, 0.15) is 17.5 Å². The maximum absolute atomic E-state index is 13.6. The lowest BCUT2D eigenvalue weighted by atomic mass is 9.99. The number of hydrogen-bond donors (Lipinski definition) is 1. The topological polar surface area (TPSA) is 26.7 Å². The minimum atomic E-state index is -0.533. The molecule has 26 heavy (non-hydrogen) atoms. The monoisotopic (exact) mass is 358 g/mol. The molecular weight excluding hydrogens is 334 g/mol. The van der Waals surface area contributed by atoms with Crippen LogP contribution >= 0.6 is 0 Å². The van der Waals surface area contributed by atoms with E-state index in [0.717, 1.165) is 38.5 Å². The fraction of sp³-hybridized carbons (Fsp3) is 0.429. The van der Waals surface area contributed by atoms with E-state index < -0.39 is 11.6 Å². The molecule has 2 aliphatic rings. The first-order valence-electron chi connectivity index (χ1n) is 9.22. The summed E-state index contributed by atoms with van der Waals surface area (Å²) in [7, 11) is 0. The van der Waals surface area contributed by atoms with Crippen LogP contribution < -0.4 is 0 Å². The van der Waals surface area contributed by atoms with Gasteiger partial charge in [0.05, 0.1) is 6.10 Å². The summed E-state index contributed by atoms with van der Waals surface area (Å²) in [6, 6.07) is 14.6. The molecule has 2 aromatic rings. The van der Waals surface area contributed by atoms with Gasteiger partial charge in [-0.15, -0.1) is 0 Å². The van der Waals surface area contributed by atoms with Gasteiger partial charge in [-0.2, -0.15) is 0 Å². The van der Waals surface area contributed by atoms with E-state index in [2.05, 4.69) is 21.9 Å². The second-order valence-electron chi connectivity index (χ2n) is 7.55. The fourth-order valence-corrected chi connectivity index (χ4v) is 4.39. The number of aliphatic hydroxyl groups is 1. The van der Waals surface area contributed by atoms with Gasteiger partial charge in [0.15, 0.2) is 0 Å². The third-order valence-electron chi connectivity index (χ3n) is 5.53. The van der Waals surface area contributed by atoms with Crippen LogP contribution in [-0.4, -0.2) is 52.7 Å². The van der Waals surface area contributed by atoms with Crippen LogP contribution in [0.2, 0.25) is 0 Å². The van der Waals surface area contributed by atoms with E-state index in [1.807, 2.05) is 18.2 Å². The predicted molar refractivity (Wildman–Crippen MR) is 96.7 cm³/mol. The van der Waals surface area contributed by atoms with E-state index in [4.69, 9.17) is 0 Å². The van der Waals surface area contributed by atoms with Gasteiger partial charge in [0, 0.05) is 44.3 Å². The van der Waals surface area contributed by atoms with Gasteiger partial charge in [-0.1, -0.05) is 30.3 Å². The highest BCUT2D eigenvalue weighted by Gasteiger charge is 2.39.